The summed E-state index contributed by atoms with van der Waals surface area (Å²) >= 11 is 1.52. The standard InChI is InChI=1S/C18H23N3O4S/c1-12-8-13(2)10-21(9-12)16(22)11-24-17(23)6-5-15-19-18(20-25-15)14-4-3-7-26-14/h3-4,7,12-13H,5-6,8-11H2,1-2H3. The predicted octanol–water partition coefficient (Wildman–Crippen LogP) is 2.78. The van der Waals surface area contributed by atoms with E-state index in [0.717, 1.165) is 24.4 Å². The van der Waals surface area contributed by atoms with Gasteiger partial charge in [0, 0.05) is 19.5 Å². The van der Waals surface area contributed by atoms with Crippen LogP contribution < -0.4 is 0 Å². The Labute approximate surface area is 156 Å². The Hall–Kier alpha value is -2.22. The highest BCUT2D eigenvalue weighted by Gasteiger charge is 2.26. The van der Waals surface area contributed by atoms with Crippen molar-refractivity contribution in [2.75, 3.05) is 19.7 Å². The molecule has 3 rings (SSSR count). The lowest BCUT2D eigenvalue weighted by molar-refractivity contribution is -0.153. The molecule has 1 saturated heterocycles. The topological polar surface area (TPSA) is 85.5 Å². The minimum atomic E-state index is -0.438. The fourth-order valence-corrected chi connectivity index (χ4v) is 3.89. The molecule has 0 spiro atoms. The van der Waals surface area contributed by atoms with Gasteiger partial charge in [-0.05, 0) is 29.7 Å². The van der Waals surface area contributed by atoms with Gasteiger partial charge in [0.2, 0.25) is 11.7 Å². The zero-order valence-electron chi connectivity index (χ0n) is 15.0. The van der Waals surface area contributed by atoms with E-state index in [0.29, 0.717) is 30.0 Å². The van der Waals surface area contributed by atoms with Crippen molar-refractivity contribution >= 4 is 23.2 Å². The van der Waals surface area contributed by atoms with Crippen LogP contribution in [0.25, 0.3) is 10.7 Å². The molecule has 2 unspecified atom stereocenters. The summed E-state index contributed by atoms with van der Waals surface area (Å²) in [5.41, 5.74) is 0. The van der Waals surface area contributed by atoms with E-state index < -0.39 is 5.97 Å². The summed E-state index contributed by atoms with van der Waals surface area (Å²) in [6, 6.07) is 3.82. The van der Waals surface area contributed by atoms with Crippen molar-refractivity contribution in [2.24, 2.45) is 11.8 Å². The number of carbonyl (C=O) groups is 2. The fourth-order valence-electron chi connectivity index (χ4n) is 3.24. The van der Waals surface area contributed by atoms with Crippen molar-refractivity contribution in [1.29, 1.82) is 0 Å². The maximum Gasteiger partial charge on any atom is 0.306 e. The normalized spacial score (nSPS) is 20.2. The van der Waals surface area contributed by atoms with Crippen LogP contribution in [0.4, 0.5) is 0 Å². The first-order chi connectivity index (χ1) is 12.5. The maximum absolute atomic E-state index is 12.2. The van der Waals surface area contributed by atoms with Crippen LogP contribution in [0.5, 0.6) is 0 Å². The highest BCUT2D eigenvalue weighted by atomic mass is 32.1. The van der Waals surface area contributed by atoms with Crippen LogP contribution in [0, 0.1) is 11.8 Å². The molecule has 2 atom stereocenters. The van der Waals surface area contributed by atoms with E-state index in [1.165, 1.54) is 11.3 Å². The number of ether oxygens (including phenoxy) is 1. The Balaban J connectivity index is 1.41. The number of aryl methyl sites for hydroxylation is 1. The van der Waals surface area contributed by atoms with Crippen molar-refractivity contribution in [2.45, 2.75) is 33.1 Å². The Bertz CT molecular complexity index is 733. The number of thiophene rings is 1. The number of nitrogens with zero attached hydrogens (tertiary/aromatic N) is 3. The molecule has 26 heavy (non-hydrogen) atoms. The Morgan fingerprint density at radius 3 is 2.81 bits per heavy atom. The van der Waals surface area contributed by atoms with E-state index in [1.54, 1.807) is 4.90 Å². The third-order valence-corrected chi connectivity index (χ3v) is 5.20. The largest absolute Gasteiger partial charge is 0.456 e. The fraction of sp³-hybridized carbons (Fsp3) is 0.556. The van der Waals surface area contributed by atoms with Gasteiger partial charge in [-0.3, -0.25) is 9.59 Å². The van der Waals surface area contributed by atoms with Crippen molar-refractivity contribution in [3.63, 3.8) is 0 Å². The SMILES string of the molecule is CC1CC(C)CN(C(=O)COC(=O)CCc2nc(-c3cccs3)no2)C1. The van der Waals surface area contributed by atoms with E-state index in [4.69, 9.17) is 9.26 Å². The van der Waals surface area contributed by atoms with Gasteiger partial charge in [0.25, 0.3) is 5.91 Å². The molecule has 0 aliphatic carbocycles. The monoisotopic (exact) mass is 377 g/mol. The number of likely N-dealkylation sites (tertiary alicyclic amines) is 1. The van der Waals surface area contributed by atoms with Gasteiger partial charge in [-0.1, -0.05) is 25.1 Å². The first-order valence-corrected chi connectivity index (χ1v) is 9.69. The quantitative estimate of drug-likeness (QED) is 0.720. The van der Waals surface area contributed by atoms with Gasteiger partial charge in [-0.25, -0.2) is 0 Å². The van der Waals surface area contributed by atoms with Gasteiger partial charge < -0.3 is 14.2 Å². The zero-order chi connectivity index (χ0) is 18.5. The highest BCUT2D eigenvalue weighted by molar-refractivity contribution is 7.13. The summed E-state index contributed by atoms with van der Waals surface area (Å²) in [6.07, 6.45) is 1.52. The molecule has 2 aromatic rings. The molecule has 1 fully saturated rings. The third kappa shape index (κ3) is 4.91. The number of aromatic nitrogens is 2. The predicted molar refractivity (Wildman–Crippen MR) is 96.4 cm³/mol. The number of hydrogen-bond acceptors (Lipinski definition) is 7. The number of carbonyl (C=O) groups excluding carboxylic acids is 2. The molecule has 0 saturated carbocycles. The zero-order valence-corrected chi connectivity index (χ0v) is 15.8. The van der Waals surface area contributed by atoms with Crippen LogP contribution in [0.15, 0.2) is 22.0 Å². The summed E-state index contributed by atoms with van der Waals surface area (Å²) in [7, 11) is 0. The molecule has 3 heterocycles. The third-order valence-electron chi connectivity index (χ3n) is 4.33. The second kappa shape index (κ2) is 8.44. The van der Waals surface area contributed by atoms with Gasteiger partial charge in [0.15, 0.2) is 6.61 Å². The number of rotatable bonds is 6. The second-order valence-electron chi connectivity index (χ2n) is 6.89. The summed E-state index contributed by atoms with van der Waals surface area (Å²) in [5, 5.41) is 5.83. The minimum absolute atomic E-state index is 0.103. The van der Waals surface area contributed by atoms with Crippen molar-refractivity contribution < 1.29 is 18.8 Å². The molecule has 0 N–H and O–H groups in total. The molecule has 8 heteroatoms. The summed E-state index contributed by atoms with van der Waals surface area (Å²) < 4.78 is 10.3. The number of piperidine rings is 1. The molecule has 1 aliphatic rings. The molecule has 0 bridgehead atoms. The lowest BCUT2D eigenvalue weighted by atomic mass is 9.92. The minimum Gasteiger partial charge on any atom is -0.456 e. The molecule has 7 nitrogen and oxygen atoms in total. The number of esters is 1. The van der Waals surface area contributed by atoms with Gasteiger partial charge in [-0.2, -0.15) is 4.98 Å². The lowest BCUT2D eigenvalue weighted by Gasteiger charge is -2.34. The average molecular weight is 377 g/mol. The van der Waals surface area contributed by atoms with E-state index in [2.05, 4.69) is 24.0 Å². The number of hydrogen-bond donors (Lipinski definition) is 0. The van der Waals surface area contributed by atoms with Crippen LogP contribution in [0.1, 0.15) is 32.6 Å². The van der Waals surface area contributed by atoms with E-state index >= 15 is 0 Å². The number of amides is 1. The molecular formula is C18H23N3O4S. The lowest BCUT2D eigenvalue weighted by Crippen LogP contribution is -2.44. The van der Waals surface area contributed by atoms with E-state index in [1.807, 2.05) is 17.5 Å². The van der Waals surface area contributed by atoms with Crippen molar-refractivity contribution in [1.82, 2.24) is 15.0 Å². The molecule has 140 valence electrons. The van der Waals surface area contributed by atoms with E-state index in [-0.39, 0.29) is 18.9 Å². The molecule has 0 radical (unpaired) electrons. The average Bonchev–Trinajstić information content (AvgIpc) is 3.28. The van der Waals surface area contributed by atoms with Crippen molar-refractivity contribution in [3.8, 4) is 10.7 Å². The van der Waals surface area contributed by atoms with Gasteiger partial charge in [-0.15, -0.1) is 11.3 Å². The molecular weight excluding hydrogens is 354 g/mol. The summed E-state index contributed by atoms with van der Waals surface area (Å²) in [4.78, 5) is 31.1. The van der Waals surface area contributed by atoms with Crippen LogP contribution in [0.2, 0.25) is 0 Å². The Kier molecular flexibility index (Phi) is 6.03. The smallest absolute Gasteiger partial charge is 0.306 e. The van der Waals surface area contributed by atoms with E-state index in [9.17, 15) is 9.59 Å². The first-order valence-electron chi connectivity index (χ1n) is 8.81. The van der Waals surface area contributed by atoms with Crippen LogP contribution >= 0.6 is 11.3 Å². The highest BCUT2D eigenvalue weighted by Crippen LogP contribution is 2.22. The van der Waals surface area contributed by atoms with Crippen LogP contribution in [-0.2, 0) is 20.7 Å². The summed E-state index contributed by atoms with van der Waals surface area (Å²) in [5.74, 6) is 1.30. The first kappa shape index (κ1) is 18.6. The summed E-state index contributed by atoms with van der Waals surface area (Å²) in [6.45, 7) is 5.53. The Morgan fingerprint density at radius 2 is 2.12 bits per heavy atom. The van der Waals surface area contributed by atoms with Gasteiger partial charge in [0.05, 0.1) is 11.3 Å². The second-order valence-corrected chi connectivity index (χ2v) is 7.84. The van der Waals surface area contributed by atoms with Crippen LogP contribution in [-0.4, -0.2) is 46.6 Å². The molecule has 1 amide bonds. The maximum atomic E-state index is 12.2. The molecule has 0 aromatic carbocycles. The van der Waals surface area contributed by atoms with Crippen LogP contribution in [0.3, 0.4) is 0 Å². The molecule has 1 aliphatic heterocycles. The van der Waals surface area contributed by atoms with Gasteiger partial charge in [0.1, 0.15) is 0 Å². The van der Waals surface area contributed by atoms with Gasteiger partial charge >= 0.3 is 5.97 Å². The molecule has 2 aromatic heterocycles. The van der Waals surface area contributed by atoms with Crippen molar-refractivity contribution in [3.05, 3.63) is 23.4 Å². The Morgan fingerprint density at radius 1 is 1.35 bits per heavy atom.